The van der Waals surface area contributed by atoms with E-state index in [1.165, 1.54) is 11.3 Å². The fourth-order valence-corrected chi connectivity index (χ4v) is 2.38. The van der Waals surface area contributed by atoms with Crippen LogP contribution in [0.15, 0.2) is 48.4 Å². The van der Waals surface area contributed by atoms with Crippen LogP contribution in [0, 0.1) is 0 Å². The summed E-state index contributed by atoms with van der Waals surface area (Å²) in [6, 6.07) is 5.32. The van der Waals surface area contributed by atoms with Crippen LogP contribution < -0.4 is 14.8 Å². The summed E-state index contributed by atoms with van der Waals surface area (Å²) in [5, 5.41) is 5.76. The predicted octanol–water partition coefficient (Wildman–Crippen LogP) is 3.49. The van der Waals surface area contributed by atoms with Crippen LogP contribution in [0.5, 0.6) is 17.2 Å². The third-order valence-electron chi connectivity index (χ3n) is 2.92. The molecule has 0 saturated carbocycles. The molecule has 3 heterocycles. The van der Waals surface area contributed by atoms with Crippen molar-refractivity contribution in [3.8, 4) is 17.2 Å². The van der Waals surface area contributed by atoms with Gasteiger partial charge in [0.15, 0.2) is 16.7 Å². The maximum absolute atomic E-state index is 5.76. The molecule has 0 amide bonds. The van der Waals surface area contributed by atoms with Crippen LogP contribution in [-0.4, -0.2) is 35.3 Å². The third-order valence-corrected chi connectivity index (χ3v) is 3.60. The molecule has 0 saturated heterocycles. The molecule has 7 nitrogen and oxygen atoms in total. The lowest BCUT2D eigenvalue weighted by Crippen LogP contribution is -2.07. The Morgan fingerprint density at radius 1 is 1.08 bits per heavy atom. The van der Waals surface area contributed by atoms with E-state index in [-0.39, 0.29) is 0 Å². The number of nitrogens with one attached hydrogen (secondary N) is 1. The lowest BCUT2D eigenvalue weighted by molar-refractivity contribution is 0.146. The van der Waals surface area contributed by atoms with Crippen molar-refractivity contribution in [1.29, 1.82) is 0 Å². The Hall–Kier alpha value is -2.71. The number of anilines is 2. The van der Waals surface area contributed by atoms with Gasteiger partial charge in [0.1, 0.15) is 18.1 Å². The quantitative estimate of drug-likeness (QED) is 0.627. The summed E-state index contributed by atoms with van der Waals surface area (Å²) in [6.45, 7) is 0.884. The number of ether oxygens (including phenoxy) is 3. The number of rotatable bonds is 8. The number of hydrogen-bond donors (Lipinski definition) is 1. The van der Waals surface area contributed by atoms with Crippen LogP contribution in [0.25, 0.3) is 0 Å². The maximum Gasteiger partial charge on any atom is 0.188 e. The monoisotopic (exact) mass is 344 g/mol. The van der Waals surface area contributed by atoms with E-state index < -0.39 is 0 Å². The molecule has 3 aromatic heterocycles. The van der Waals surface area contributed by atoms with Gasteiger partial charge in [0, 0.05) is 37.1 Å². The average molecular weight is 344 g/mol. The summed E-state index contributed by atoms with van der Waals surface area (Å²) in [4.78, 5) is 12.5. The molecule has 0 fully saturated rings. The fourth-order valence-electron chi connectivity index (χ4n) is 1.85. The molecule has 124 valence electrons. The lowest BCUT2D eigenvalue weighted by atomic mass is 10.4. The van der Waals surface area contributed by atoms with Gasteiger partial charge in [-0.2, -0.15) is 0 Å². The minimum absolute atomic E-state index is 0.406. The summed E-state index contributed by atoms with van der Waals surface area (Å²) >= 11 is 1.48. The Kier molecular flexibility index (Phi) is 5.54. The van der Waals surface area contributed by atoms with Gasteiger partial charge in [-0.1, -0.05) is 0 Å². The molecule has 0 unspecified atom stereocenters. The highest BCUT2D eigenvalue weighted by atomic mass is 32.1. The Labute approximate surface area is 143 Å². The molecule has 0 aliphatic rings. The predicted molar refractivity (Wildman–Crippen MR) is 91.3 cm³/mol. The second-order valence-electron chi connectivity index (χ2n) is 4.61. The molecule has 0 aromatic carbocycles. The molecular formula is C16H16N4O3S. The normalized spacial score (nSPS) is 10.4. The first-order valence-corrected chi connectivity index (χ1v) is 8.09. The molecule has 3 aromatic rings. The highest BCUT2D eigenvalue weighted by Crippen LogP contribution is 2.31. The van der Waals surface area contributed by atoms with Crippen molar-refractivity contribution in [3.63, 3.8) is 0 Å². The van der Waals surface area contributed by atoms with Crippen molar-refractivity contribution in [3.05, 3.63) is 48.4 Å². The number of thiazole rings is 1. The van der Waals surface area contributed by atoms with E-state index in [0.717, 1.165) is 5.13 Å². The van der Waals surface area contributed by atoms with Gasteiger partial charge in [0.05, 0.1) is 12.8 Å². The molecule has 3 rings (SSSR count). The van der Waals surface area contributed by atoms with Crippen LogP contribution >= 0.6 is 11.3 Å². The second-order valence-corrected chi connectivity index (χ2v) is 5.50. The van der Waals surface area contributed by atoms with Gasteiger partial charge in [-0.25, -0.2) is 9.97 Å². The van der Waals surface area contributed by atoms with Crippen molar-refractivity contribution in [2.24, 2.45) is 0 Å². The summed E-state index contributed by atoms with van der Waals surface area (Å²) < 4.78 is 16.5. The number of hydrogen-bond acceptors (Lipinski definition) is 8. The van der Waals surface area contributed by atoms with Crippen LogP contribution in [0.4, 0.5) is 10.9 Å². The van der Waals surface area contributed by atoms with Crippen LogP contribution in [0.3, 0.4) is 0 Å². The number of aromatic nitrogens is 3. The van der Waals surface area contributed by atoms with Crippen LogP contribution in [0.2, 0.25) is 0 Å². The van der Waals surface area contributed by atoms with Gasteiger partial charge in [-0.15, -0.1) is 11.3 Å². The van der Waals surface area contributed by atoms with Gasteiger partial charge in [-0.3, -0.25) is 4.98 Å². The maximum atomic E-state index is 5.76. The molecule has 0 aliphatic heterocycles. The van der Waals surface area contributed by atoms with E-state index >= 15 is 0 Å². The van der Waals surface area contributed by atoms with Crippen molar-refractivity contribution in [1.82, 2.24) is 15.0 Å². The summed E-state index contributed by atoms with van der Waals surface area (Å²) in [5.74, 6) is 2.38. The van der Waals surface area contributed by atoms with E-state index in [1.54, 1.807) is 50.1 Å². The second kappa shape index (κ2) is 8.23. The van der Waals surface area contributed by atoms with E-state index in [9.17, 15) is 0 Å². The summed E-state index contributed by atoms with van der Waals surface area (Å²) in [6.07, 6.45) is 6.67. The first kappa shape index (κ1) is 16.2. The molecule has 0 atom stereocenters. The van der Waals surface area contributed by atoms with Crippen molar-refractivity contribution < 1.29 is 14.2 Å². The van der Waals surface area contributed by atoms with E-state index in [4.69, 9.17) is 14.2 Å². The Morgan fingerprint density at radius 2 is 1.96 bits per heavy atom. The minimum Gasteiger partial charge on any atom is -0.487 e. The van der Waals surface area contributed by atoms with Crippen molar-refractivity contribution >= 4 is 22.3 Å². The molecular weight excluding hydrogens is 328 g/mol. The SMILES string of the molecule is COCCOc1cc(Oc2ccncc2)cnc1Nc1nccs1. The van der Waals surface area contributed by atoms with E-state index in [2.05, 4.69) is 20.3 Å². The molecule has 0 aliphatic carbocycles. The standard InChI is InChI=1S/C16H16N4O3S/c1-21-7-8-22-14-10-13(23-12-2-4-17-5-3-12)11-19-15(14)20-16-18-6-9-24-16/h2-6,9-11H,7-8H2,1H3,(H,18,19,20). The largest absolute Gasteiger partial charge is 0.487 e. The first-order valence-electron chi connectivity index (χ1n) is 7.21. The number of pyridine rings is 2. The zero-order chi connectivity index (χ0) is 16.6. The highest BCUT2D eigenvalue weighted by molar-refractivity contribution is 7.13. The molecule has 0 bridgehead atoms. The van der Waals surface area contributed by atoms with E-state index in [0.29, 0.717) is 36.3 Å². The highest BCUT2D eigenvalue weighted by Gasteiger charge is 2.10. The van der Waals surface area contributed by atoms with Gasteiger partial charge in [0.25, 0.3) is 0 Å². The average Bonchev–Trinajstić information content (AvgIpc) is 3.11. The summed E-state index contributed by atoms with van der Waals surface area (Å²) in [5.41, 5.74) is 0. The topological polar surface area (TPSA) is 78.4 Å². The number of methoxy groups -OCH3 is 1. The zero-order valence-electron chi connectivity index (χ0n) is 13.0. The van der Waals surface area contributed by atoms with Crippen molar-refractivity contribution in [2.45, 2.75) is 0 Å². The van der Waals surface area contributed by atoms with Gasteiger partial charge in [-0.05, 0) is 12.1 Å². The Morgan fingerprint density at radius 3 is 2.71 bits per heavy atom. The van der Waals surface area contributed by atoms with E-state index in [1.807, 2.05) is 5.38 Å². The molecule has 8 heteroatoms. The first-order chi connectivity index (χ1) is 11.8. The third kappa shape index (κ3) is 4.40. The van der Waals surface area contributed by atoms with Gasteiger partial charge < -0.3 is 19.5 Å². The van der Waals surface area contributed by atoms with Crippen molar-refractivity contribution in [2.75, 3.05) is 25.6 Å². The zero-order valence-corrected chi connectivity index (χ0v) is 13.8. The van der Waals surface area contributed by atoms with Gasteiger partial charge in [0.2, 0.25) is 0 Å². The Bertz CT molecular complexity index is 753. The van der Waals surface area contributed by atoms with Crippen LogP contribution in [-0.2, 0) is 4.74 Å². The molecule has 24 heavy (non-hydrogen) atoms. The summed E-state index contributed by atoms with van der Waals surface area (Å²) in [7, 11) is 1.62. The molecule has 1 N–H and O–H groups in total. The number of nitrogens with zero attached hydrogens (tertiary/aromatic N) is 3. The molecule has 0 spiro atoms. The van der Waals surface area contributed by atoms with Gasteiger partial charge >= 0.3 is 0 Å². The fraction of sp³-hybridized carbons (Fsp3) is 0.188. The lowest BCUT2D eigenvalue weighted by Gasteiger charge is -2.13. The smallest absolute Gasteiger partial charge is 0.188 e. The Balaban J connectivity index is 1.79. The minimum atomic E-state index is 0.406. The molecule has 0 radical (unpaired) electrons. The van der Waals surface area contributed by atoms with Crippen LogP contribution in [0.1, 0.15) is 0 Å².